The van der Waals surface area contributed by atoms with Gasteiger partial charge in [-0.3, -0.25) is 0 Å². The molecule has 0 saturated carbocycles. The molecule has 0 amide bonds. The van der Waals surface area contributed by atoms with Crippen LogP contribution in [0.5, 0.6) is 0 Å². The molecule has 66 valence electrons. The number of pyridine rings is 1. The van der Waals surface area contributed by atoms with Crippen LogP contribution in [-0.2, 0) is 9.05 Å². The number of rotatable bonds is 1. The van der Waals surface area contributed by atoms with Gasteiger partial charge in [-0.05, 0) is 28.7 Å². The predicted molar refractivity (Wildman–Crippen MR) is 50.0 cm³/mol. The molecule has 0 aliphatic heterocycles. The summed E-state index contributed by atoms with van der Waals surface area (Å²) in [6.45, 7) is 0. The largest absolute Gasteiger partial charge is 0.261 e. The second-order valence-electron chi connectivity index (χ2n) is 1.89. The fourth-order valence-corrected chi connectivity index (χ4v) is 2.12. The first-order valence-electron chi connectivity index (χ1n) is 2.67. The molecule has 7 heteroatoms. The normalized spacial score (nSPS) is 11.6. The molecule has 1 aromatic heterocycles. The van der Waals surface area contributed by atoms with E-state index in [0.717, 1.165) is 6.07 Å². The maximum atomic E-state index is 12.5. The van der Waals surface area contributed by atoms with E-state index in [-0.39, 0.29) is 8.60 Å². The number of aromatic nitrogens is 1. The number of halogens is 3. The van der Waals surface area contributed by atoms with Gasteiger partial charge in [0.05, 0.1) is 4.90 Å². The standard InChI is InChI=1S/C5H2ClFINO2S/c6-12(10,11)3-1-4(7)9-5(8)2-3/h1-2H. The molecule has 0 radical (unpaired) electrons. The van der Waals surface area contributed by atoms with Crippen molar-refractivity contribution in [3.05, 3.63) is 21.8 Å². The molecule has 0 aliphatic rings. The Labute approximate surface area is 86.5 Å². The number of hydrogen-bond donors (Lipinski definition) is 0. The molecule has 1 aromatic rings. The van der Waals surface area contributed by atoms with Gasteiger partial charge in [0.25, 0.3) is 9.05 Å². The van der Waals surface area contributed by atoms with E-state index in [1.54, 1.807) is 22.6 Å². The highest BCUT2D eigenvalue weighted by Crippen LogP contribution is 2.16. The third kappa shape index (κ3) is 2.53. The van der Waals surface area contributed by atoms with Gasteiger partial charge in [0.2, 0.25) is 5.95 Å². The fourth-order valence-electron chi connectivity index (χ4n) is 0.584. The van der Waals surface area contributed by atoms with Crippen molar-refractivity contribution >= 4 is 42.3 Å². The van der Waals surface area contributed by atoms with Crippen LogP contribution < -0.4 is 0 Å². The molecule has 1 heterocycles. The lowest BCUT2D eigenvalue weighted by atomic mass is 10.5. The minimum atomic E-state index is -3.86. The SMILES string of the molecule is O=S(=O)(Cl)c1cc(F)nc(I)c1. The number of hydrogen-bond acceptors (Lipinski definition) is 3. The average molecular weight is 321 g/mol. The van der Waals surface area contributed by atoms with Crippen LogP contribution in [0.15, 0.2) is 17.0 Å². The Bertz CT molecular complexity index is 388. The van der Waals surface area contributed by atoms with Gasteiger partial charge in [-0.1, -0.05) is 0 Å². The number of nitrogens with zero attached hydrogens (tertiary/aromatic N) is 1. The molecule has 0 aliphatic carbocycles. The lowest BCUT2D eigenvalue weighted by Gasteiger charge is -1.96. The van der Waals surface area contributed by atoms with E-state index in [9.17, 15) is 12.8 Å². The summed E-state index contributed by atoms with van der Waals surface area (Å²) in [5, 5.41) is 0. The summed E-state index contributed by atoms with van der Waals surface area (Å²) in [6, 6.07) is 1.95. The van der Waals surface area contributed by atoms with Crippen molar-refractivity contribution < 1.29 is 12.8 Å². The van der Waals surface area contributed by atoms with Gasteiger partial charge in [0.15, 0.2) is 0 Å². The molecule has 0 N–H and O–H groups in total. The van der Waals surface area contributed by atoms with Gasteiger partial charge in [-0.25, -0.2) is 13.4 Å². The summed E-state index contributed by atoms with van der Waals surface area (Å²) in [4.78, 5) is 3.07. The van der Waals surface area contributed by atoms with Crippen LogP contribution in [0.2, 0.25) is 0 Å². The molecule has 0 spiro atoms. The van der Waals surface area contributed by atoms with Crippen molar-refractivity contribution in [3.8, 4) is 0 Å². The molecule has 0 fully saturated rings. The van der Waals surface area contributed by atoms with Crippen molar-refractivity contribution in [2.24, 2.45) is 0 Å². The lowest BCUT2D eigenvalue weighted by Crippen LogP contribution is -1.95. The smallest absolute Gasteiger partial charge is 0.214 e. The first-order chi connectivity index (χ1) is 5.39. The molecule has 0 bridgehead atoms. The van der Waals surface area contributed by atoms with E-state index in [4.69, 9.17) is 10.7 Å². The molecule has 0 unspecified atom stereocenters. The Morgan fingerprint density at radius 2 is 2.08 bits per heavy atom. The molecule has 1 rings (SSSR count). The van der Waals surface area contributed by atoms with Gasteiger partial charge in [-0.15, -0.1) is 0 Å². The summed E-state index contributed by atoms with van der Waals surface area (Å²) in [6.07, 6.45) is 0. The fraction of sp³-hybridized carbons (Fsp3) is 0. The van der Waals surface area contributed by atoms with E-state index in [1.807, 2.05) is 0 Å². The van der Waals surface area contributed by atoms with Crippen molar-refractivity contribution in [1.29, 1.82) is 0 Å². The van der Waals surface area contributed by atoms with Crippen LogP contribution in [0.4, 0.5) is 4.39 Å². The summed E-state index contributed by atoms with van der Waals surface area (Å²) in [5.41, 5.74) is 0. The molecule has 0 aromatic carbocycles. The van der Waals surface area contributed by atoms with Crippen LogP contribution in [-0.4, -0.2) is 13.4 Å². The van der Waals surface area contributed by atoms with E-state index in [2.05, 4.69) is 4.98 Å². The Balaban J connectivity index is 3.37. The predicted octanol–water partition coefficient (Wildman–Crippen LogP) is 1.75. The van der Waals surface area contributed by atoms with Gasteiger partial charge < -0.3 is 0 Å². The first-order valence-corrected chi connectivity index (χ1v) is 6.06. The van der Waals surface area contributed by atoms with Gasteiger partial charge in [0.1, 0.15) is 3.70 Å². The summed E-state index contributed by atoms with van der Waals surface area (Å²) in [7, 11) is 1.12. The Hall–Kier alpha value is 0.0500. The van der Waals surface area contributed by atoms with E-state index < -0.39 is 15.0 Å². The topological polar surface area (TPSA) is 47.0 Å². The summed E-state index contributed by atoms with van der Waals surface area (Å²) >= 11 is 1.70. The minimum absolute atomic E-state index is 0.242. The highest BCUT2D eigenvalue weighted by molar-refractivity contribution is 14.1. The molecule has 0 saturated heterocycles. The zero-order chi connectivity index (χ0) is 9.35. The monoisotopic (exact) mass is 321 g/mol. The Morgan fingerprint density at radius 3 is 2.50 bits per heavy atom. The summed E-state index contributed by atoms with van der Waals surface area (Å²) in [5.74, 6) is -0.860. The zero-order valence-corrected chi connectivity index (χ0v) is 9.19. The Morgan fingerprint density at radius 1 is 1.50 bits per heavy atom. The highest BCUT2D eigenvalue weighted by Gasteiger charge is 2.12. The van der Waals surface area contributed by atoms with E-state index in [0.29, 0.717) is 0 Å². The van der Waals surface area contributed by atoms with Crippen LogP contribution in [0.1, 0.15) is 0 Å². The van der Waals surface area contributed by atoms with Gasteiger partial charge in [-0.2, -0.15) is 4.39 Å². The van der Waals surface area contributed by atoms with E-state index >= 15 is 0 Å². The van der Waals surface area contributed by atoms with Crippen LogP contribution >= 0.6 is 33.3 Å². The van der Waals surface area contributed by atoms with Crippen molar-refractivity contribution in [2.45, 2.75) is 4.90 Å². The average Bonchev–Trinajstić information content (AvgIpc) is 1.82. The van der Waals surface area contributed by atoms with E-state index in [1.165, 1.54) is 6.07 Å². The summed E-state index contributed by atoms with van der Waals surface area (Å²) < 4.78 is 34.2. The third-order valence-electron chi connectivity index (χ3n) is 1.02. The lowest BCUT2D eigenvalue weighted by molar-refractivity contribution is 0.571. The first kappa shape index (κ1) is 10.1. The van der Waals surface area contributed by atoms with Crippen LogP contribution in [0, 0.1) is 9.65 Å². The van der Waals surface area contributed by atoms with Crippen molar-refractivity contribution in [1.82, 2.24) is 4.98 Å². The van der Waals surface area contributed by atoms with Gasteiger partial charge in [0, 0.05) is 16.7 Å². The quantitative estimate of drug-likeness (QED) is 0.450. The zero-order valence-electron chi connectivity index (χ0n) is 5.46. The molecular formula is C5H2ClFINO2S. The van der Waals surface area contributed by atoms with Crippen LogP contribution in [0.25, 0.3) is 0 Å². The van der Waals surface area contributed by atoms with Crippen molar-refractivity contribution in [3.63, 3.8) is 0 Å². The molecular weight excluding hydrogens is 319 g/mol. The molecule has 12 heavy (non-hydrogen) atoms. The second-order valence-corrected chi connectivity index (χ2v) is 5.56. The van der Waals surface area contributed by atoms with Crippen LogP contribution in [0.3, 0.4) is 0 Å². The van der Waals surface area contributed by atoms with Crippen molar-refractivity contribution in [2.75, 3.05) is 0 Å². The Kier molecular flexibility index (Phi) is 2.89. The minimum Gasteiger partial charge on any atom is -0.214 e. The molecule has 3 nitrogen and oxygen atoms in total. The molecule has 0 atom stereocenters. The maximum Gasteiger partial charge on any atom is 0.261 e. The van der Waals surface area contributed by atoms with Gasteiger partial charge >= 0.3 is 0 Å². The third-order valence-corrected chi connectivity index (χ3v) is 2.90. The second kappa shape index (κ2) is 3.43. The highest BCUT2D eigenvalue weighted by atomic mass is 127. The maximum absolute atomic E-state index is 12.5.